The molecular weight excluding hydrogens is 208 g/mol. The Morgan fingerprint density at radius 3 is 2.56 bits per heavy atom. The average molecular weight is 224 g/mol. The number of hydrogen-bond donors (Lipinski definition) is 3. The molecule has 0 atom stereocenters. The summed E-state index contributed by atoms with van der Waals surface area (Å²) in [6.45, 7) is 4.85. The van der Waals surface area contributed by atoms with Gasteiger partial charge >= 0.3 is 5.97 Å². The molecule has 0 saturated carbocycles. The molecule has 88 valence electrons. The van der Waals surface area contributed by atoms with Gasteiger partial charge in [-0.2, -0.15) is 0 Å². The molecule has 0 spiro atoms. The summed E-state index contributed by atoms with van der Waals surface area (Å²) in [7, 11) is 0. The lowest BCUT2D eigenvalue weighted by atomic mass is 10.2. The van der Waals surface area contributed by atoms with Crippen molar-refractivity contribution in [3.05, 3.63) is 12.4 Å². The van der Waals surface area contributed by atoms with Gasteiger partial charge in [0.15, 0.2) is 0 Å². The Bertz CT molecular complexity index is 354. The van der Waals surface area contributed by atoms with Gasteiger partial charge in [0.2, 0.25) is 0 Å². The summed E-state index contributed by atoms with van der Waals surface area (Å²) in [5.41, 5.74) is 0. The van der Waals surface area contributed by atoms with E-state index in [1.54, 1.807) is 6.07 Å². The lowest BCUT2D eigenvalue weighted by molar-refractivity contribution is -0.134. The number of aliphatic carboxylic acids is 1. The number of hydrogen-bond acceptors (Lipinski definition) is 5. The normalized spacial score (nSPS) is 10.2. The molecule has 6 heteroatoms. The fourth-order valence-corrected chi connectivity index (χ4v) is 1.03. The third kappa shape index (κ3) is 4.59. The third-order valence-electron chi connectivity index (χ3n) is 1.78. The van der Waals surface area contributed by atoms with Crippen molar-refractivity contribution in [3.63, 3.8) is 0 Å². The van der Waals surface area contributed by atoms with Crippen LogP contribution in [0.2, 0.25) is 0 Å². The van der Waals surface area contributed by atoms with Crippen LogP contribution < -0.4 is 10.6 Å². The molecular formula is C10H16N4O2. The molecule has 1 aromatic rings. The summed E-state index contributed by atoms with van der Waals surface area (Å²) in [4.78, 5) is 18.3. The highest BCUT2D eigenvalue weighted by Gasteiger charge is 2.01. The summed E-state index contributed by atoms with van der Waals surface area (Å²) < 4.78 is 0. The fourth-order valence-electron chi connectivity index (χ4n) is 1.03. The van der Waals surface area contributed by atoms with Gasteiger partial charge in [-0.25, -0.2) is 9.97 Å². The first-order valence-electron chi connectivity index (χ1n) is 5.09. The van der Waals surface area contributed by atoms with Crippen molar-refractivity contribution in [2.24, 2.45) is 5.92 Å². The number of carbonyl (C=O) groups is 1. The maximum atomic E-state index is 10.4. The highest BCUT2D eigenvalue weighted by Crippen LogP contribution is 2.08. The predicted octanol–water partition coefficient (Wildman–Crippen LogP) is 1.04. The molecule has 0 aliphatic heterocycles. The van der Waals surface area contributed by atoms with Gasteiger partial charge in [0.05, 0.1) is 0 Å². The first-order chi connectivity index (χ1) is 7.58. The van der Waals surface area contributed by atoms with Gasteiger partial charge in [-0.3, -0.25) is 4.79 Å². The second-order valence-corrected chi connectivity index (χ2v) is 3.81. The summed E-state index contributed by atoms with van der Waals surface area (Å²) in [5, 5.41) is 14.3. The molecule has 0 unspecified atom stereocenters. The van der Waals surface area contributed by atoms with E-state index in [9.17, 15) is 4.79 Å². The van der Waals surface area contributed by atoms with E-state index < -0.39 is 5.97 Å². The van der Waals surface area contributed by atoms with Crippen LogP contribution in [0.4, 0.5) is 11.6 Å². The summed E-state index contributed by atoms with van der Waals surface area (Å²) in [5.74, 6) is 0.793. The molecule has 0 radical (unpaired) electrons. The van der Waals surface area contributed by atoms with Crippen LogP contribution >= 0.6 is 0 Å². The smallest absolute Gasteiger partial charge is 0.322 e. The third-order valence-corrected chi connectivity index (χ3v) is 1.78. The van der Waals surface area contributed by atoms with E-state index in [0.717, 1.165) is 6.54 Å². The molecule has 1 heterocycles. The topological polar surface area (TPSA) is 87.1 Å². The molecule has 0 saturated heterocycles. The van der Waals surface area contributed by atoms with Gasteiger partial charge < -0.3 is 15.7 Å². The van der Waals surface area contributed by atoms with Crippen molar-refractivity contribution in [1.29, 1.82) is 0 Å². The minimum atomic E-state index is -0.921. The SMILES string of the molecule is CC(C)CNc1cc(NCC(=O)O)ncn1. The molecule has 1 rings (SSSR count). The van der Waals surface area contributed by atoms with Gasteiger partial charge in [-0.1, -0.05) is 13.8 Å². The van der Waals surface area contributed by atoms with E-state index in [1.165, 1.54) is 6.33 Å². The molecule has 0 fully saturated rings. The van der Waals surface area contributed by atoms with Crippen molar-refractivity contribution in [2.75, 3.05) is 23.7 Å². The zero-order valence-corrected chi connectivity index (χ0v) is 9.40. The van der Waals surface area contributed by atoms with E-state index in [0.29, 0.717) is 17.6 Å². The second-order valence-electron chi connectivity index (χ2n) is 3.81. The van der Waals surface area contributed by atoms with E-state index in [2.05, 4.69) is 34.4 Å². The van der Waals surface area contributed by atoms with Gasteiger partial charge in [-0.15, -0.1) is 0 Å². The number of nitrogens with zero attached hydrogens (tertiary/aromatic N) is 2. The number of aromatic nitrogens is 2. The van der Waals surface area contributed by atoms with Crippen LogP contribution in [0.25, 0.3) is 0 Å². The van der Waals surface area contributed by atoms with Crippen LogP contribution in [0, 0.1) is 5.92 Å². The Labute approximate surface area is 94.1 Å². The minimum absolute atomic E-state index is 0.152. The predicted molar refractivity (Wildman–Crippen MR) is 61.5 cm³/mol. The van der Waals surface area contributed by atoms with Gasteiger partial charge in [0, 0.05) is 12.6 Å². The van der Waals surface area contributed by atoms with Crippen molar-refractivity contribution in [2.45, 2.75) is 13.8 Å². The molecule has 6 nitrogen and oxygen atoms in total. The molecule has 0 bridgehead atoms. The maximum absolute atomic E-state index is 10.4. The number of nitrogens with one attached hydrogen (secondary N) is 2. The number of carboxylic acid groups (broad SMARTS) is 1. The Kier molecular flexibility index (Phi) is 4.50. The summed E-state index contributed by atoms with van der Waals surface area (Å²) >= 11 is 0. The molecule has 1 aromatic heterocycles. The molecule has 0 aliphatic carbocycles. The Balaban J connectivity index is 2.53. The fraction of sp³-hybridized carbons (Fsp3) is 0.500. The number of carboxylic acids is 1. The highest BCUT2D eigenvalue weighted by molar-refractivity contribution is 5.72. The standard InChI is InChI=1S/C10H16N4O2/c1-7(2)4-11-8-3-9(14-6-13-8)12-5-10(15)16/h3,6-7H,4-5H2,1-2H3,(H,15,16)(H2,11,12,13,14). The van der Waals surface area contributed by atoms with Crippen molar-refractivity contribution < 1.29 is 9.90 Å². The minimum Gasteiger partial charge on any atom is -0.480 e. The van der Waals surface area contributed by atoms with Gasteiger partial charge in [0.25, 0.3) is 0 Å². The maximum Gasteiger partial charge on any atom is 0.322 e. The van der Waals surface area contributed by atoms with E-state index >= 15 is 0 Å². The Morgan fingerprint density at radius 2 is 2.00 bits per heavy atom. The van der Waals surface area contributed by atoms with Crippen LogP contribution in [0.15, 0.2) is 12.4 Å². The van der Waals surface area contributed by atoms with E-state index in [1.807, 2.05) is 0 Å². The molecule has 3 N–H and O–H groups in total. The summed E-state index contributed by atoms with van der Waals surface area (Å²) in [6, 6.07) is 1.69. The van der Waals surface area contributed by atoms with Crippen molar-refractivity contribution in [3.8, 4) is 0 Å². The zero-order valence-electron chi connectivity index (χ0n) is 9.40. The second kappa shape index (κ2) is 5.89. The Hall–Kier alpha value is -1.85. The van der Waals surface area contributed by atoms with Crippen LogP contribution in [-0.4, -0.2) is 34.1 Å². The first-order valence-corrected chi connectivity index (χ1v) is 5.09. The number of rotatable bonds is 6. The quantitative estimate of drug-likeness (QED) is 0.669. The van der Waals surface area contributed by atoms with Crippen LogP contribution in [0.5, 0.6) is 0 Å². The van der Waals surface area contributed by atoms with E-state index in [4.69, 9.17) is 5.11 Å². The van der Waals surface area contributed by atoms with Gasteiger partial charge in [0.1, 0.15) is 24.5 Å². The first kappa shape index (κ1) is 12.2. The summed E-state index contributed by atoms with van der Waals surface area (Å²) in [6.07, 6.45) is 1.40. The molecule has 0 aromatic carbocycles. The number of anilines is 2. The lowest BCUT2D eigenvalue weighted by Crippen LogP contribution is -2.14. The molecule has 16 heavy (non-hydrogen) atoms. The zero-order chi connectivity index (χ0) is 12.0. The van der Waals surface area contributed by atoms with Gasteiger partial charge in [-0.05, 0) is 5.92 Å². The molecule has 0 amide bonds. The van der Waals surface area contributed by atoms with E-state index in [-0.39, 0.29) is 6.54 Å². The van der Waals surface area contributed by atoms with Crippen LogP contribution in [0.3, 0.4) is 0 Å². The molecule has 0 aliphatic rings. The van der Waals surface area contributed by atoms with Crippen LogP contribution in [-0.2, 0) is 4.79 Å². The lowest BCUT2D eigenvalue weighted by Gasteiger charge is -2.09. The van der Waals surface area contributed by atoms with Crippen molar-refractivity contribution in [1.82, 2.24) is 9.97 Å². The van der Waals surface area contributed by atoms with Crippen molar-refractivity contribution >= 4 is 17.6 Å². The average Bonchev–Trinajstić information content (AvgIpc) is 2.24. The highest BCUT2D eigenvalue weighted by atomic mass is 16.4. The van der Waals surface area contributed by atoms with Crippen LogP contribution in [0.1, 0.15) is 13.8 Å². The Morgan fingerprint density at radius 1 is 1.38 bits per heavy atom. The largest absolute Gasteiger partial charge is 0.480 e. The monoisotopic (exact) mass is 224 g/mol.